The fourth-order valence-corrected chi connectivity index (χ4v) is 4.52. The Morgan fingerprint density at radius 1 is 1.10 bits per heavy atom. The maximum absolute atomic E-state index is 12.4. The molecule has 0 fully saturated rings. The highest BCUT2D eigenvalue weighted by Gasteiger charge is 2.22. The van der Waals surface area contributed by atoms with Gasteiger partial charge in [0.1, 0.15) is 5.69 Å². The molecular formula is C22H25N3O3S2. The summed E-state index contributed by atoms with van der Waals surface area (Å²) in [7, 11) is -3.65. The van der Waals surface area contributed by atoms with Crippen molar-refractivity contribution in [1.82, 2.24) is 9.71 Å². The average molecular weight is 444 g/mol. The molecule has 1 N–H and O–H groups in total. The molecule has 0 aliphatic rings. The lowest BCUT2D eigenvalue weighted by molar-refractivity contribution is 0.0977. The van der Waals surface area contributed by atoms with E-state index in [0.29, 0.717) is 23.1 Å². The van der Waals surface area contributed by atoms with Gasteiger partial charge in [-0.1, -0.05) is 67.6 Å². The zero-order valence-electron chi connectivity index (χ0n) is 17.2. The largest absolute Gasteiger partial charge is 0.343 e. The number of carbonyl (C=O) groups excluding carboxylic acids is 1. The third-order valence-corrected chi connectivity index (χ3v) is 6.22. The minimum Gasteiger partial charge on any atom is -0.343 e. The summed E-state index contributed by atoms with van der Waals surface area (Å²) >= 11 is 1.39. The molecule has 3 aromatic rings. The molecule has 0 saturated heterocycles. The van der Waals surface area contributed by atoms with Crippen LogP contribution in [0.5, 0.6) is 0 Å². The molecule has 1 amide bonds. The third kappa shape index (κ3) is 5.90. The highest BCUT2D eigenvalue weighted by molar-refractivity contribution is 7.89. The zero-order valence-corrected chi connectivity index (χ0v) is 18.8. The number of aryl methyl sites for hydroxylation is 1. The number of benzene rings is 2. The summed E-state index contributed by atoms with van der Waals surface area (Å²) in [6, 6.07) is 20.3. The number of aromatic nitrogens is 1. The van der Waals surface area contributed by atoms with Crippen LogP contribution in [-0.4, -0.2) is 32.1 Å². The van der Waals surface area contributed by atoms with E-state index < -0.39 is 15.9 Å². The minimum absolute atomic E-state index is 0.144. The maximum Gasteiger partial charge on any atom is 0.284 e. The summed E-state index contributed by atoms with van der Waals surface area (Å²) in [4.78, 5) is 19.7. The Kier molecular flexibility index (Phi) is 6.89. The zero-order chi connectivity index (χ0) is 21.7. The summed E-state index contributed by atoms with van der Waals surface area (Å²) in [5.41, 5.74) is 2.50. The number of hydrogen-bond donors (Lipinski definition) is 1. The van der Waals surface area contributed by atoms with Crippen molar-refractivity contribution in [3.63, 3.8) is 0 Å². The molecule has 30 heavy (non-hydrogen) atoms. The molecule has 158 valence electrons. The number of carbonyl (C=O) groups is 1. The van der Waals surface area contributed by atoms with Gasteiger partial charge in [-0.15, -0.1) is 11.3 Å². The molecule has 0 aliphatic heterocycles. The van der Waals surface area contributed by atoms with E-state index in [2.05, 4.69) is 41.1 Å². The number of anilines is 1. The maximum atomic E-state index is 12.4. The standard InChI is InChI=1S/C22H25N3O3S2/c1-16(19-12-8-5-9-13-19)14-25(15-18-10-6-4-7-11-18)22-23-20(17(2)29-22)21(26)24-30(3,27)28/h4-13,16H,14-15H2,1-3H3,(H,24,26). The minimum atomic E-state index is -3.65. The Morgan fingerprint density at radius 2 is 1.70 bits per heavy atom. The predicted molar refractivity (Wildman–Crippen MR) is 122 cm³/mol. The molecule has 0 spiro atoms. The Labute approximate surface area is 181 Å². The van der Waals surface area contributed by atoms with Gasteiger partial charge >= 0.3 is 0 Å². The van der Waals surface area contributed by atoms with Gasteiger partial charge < -0.3 is 4.90 Å². The second kappa shape index (κ2) is 9.40. The highest BCUT2D eigenvalue weighted by atomic mass is 32.2. The highest BCUT2D eigenvalue weighted by Crippen LogP contribution is 2.29. The van der Waals surface area contributed by atoms with Crippen LogP contribution in [0.15, 0.2) is 60.7 Å². The Hall–Kier alpha value is -2.71. The molecule has 2 aromatic carbocycles. The van der Waals surface area contributed by atoms with E-state index in [0.717, 1.165) is 11.8 Å². The smallest absolute Gasteiger partial charge is 0.284 e. The van der Waals surface area contributed by atoms with E-state index >= 15 is 0 Å². The third-order valence-electron chi connectivity index (χ3n) is 4.63. The molecule has 1 heterocycles. The number of sulfonamides is 1. The van der Waals surface area contributed by atoms with Gasteiger partial charge in [-0.25, -0.2) is 18.1 Å². The molecule has 1 atom stereocenters. The number of hydrogen-bond acceptors (Lipinski definition) is 6. The summed E-state index contributed by atoms with van der Waals surface area (Å²) < 4.78 is 24.9. The lowest BCUT2D eigenvalue weighted by Crippen LogP contribution is -2.30. The van der Waals surface area contributed by atoms with Crippen molar-refractivity contribution in [1.29, 1.82) is 0 Å². The summed E-state index contributed by atoms with van der Waals surface area (Å²) in [5, 5.41) is 0.692. The van der Waals surface area contributed by atoms with Crippen molar-refractivity contribution in [2.45, 2.75) is 26.3 Å². The molecule has 0 radical (unpaired) electrons. The Morgan fingerprint density at radius 3 is 2.30 bits per heavy atom. The normalized spacial score (nSPS) is 12.4. The van der Waals surface area contributed by atoms with E-state index in [4.69, 9.17) is 0 Å². The molecule has 3 rings (SSSR count). The van der Waals surface area contributed by atoms with Crippen LogP contribution in [0.4, 0.5) is 5.13 Å². The van der Waals surface area contributed by atoms with Gasteiger partial charge in [-0.05, 0) is 24.0 Å². The van der Waals surface area contributed by atoms with Crippen molar-refractivity contribution < 1.29 is 13.2 Å². The second-order valence-corrected chi connectivity index (χ2v) is 10.2. The van der Waals surface area contributed by atoms with Crippen molar-refractivity contribution in [2.75, 3.05) is 17.7 Å². The van der Waals surface area contributed by atoms with Gasteiger partial charge in [-0.2, -0.15) is 0 Å². The Bertz CT molecular complexity index is 1100. The quantitative estimate of drug-likeness (QED) is 0.570. The van der Waals surface area contributed by atoms with Gasteiger partial charge in [-0.3, -0.25) is 4.79 Å². The van der Waals surface area contributed by atoms with E-state index in [-0.39, 0.29) is 11.6 Å². The SMILES string of the molecule is Cc1sc(N(Cc2ccccc2)CC(C)c2ccccc2)nc1C(=O)NS(C)(=O)=O. The van der Waals surface area contributed by atoms with Crippen LogP contribution in [0, 0.1) is 6.92 Å². The predicted octanol–water partition coefficient (Wildman–Crippen LogP) is 3.95. The number of rotatable bonds is 8. The van der Waals surface area contributed by atoms with Crippen molar-refractivity contribution in [3.8, 4) is 0 Å². The molecule has 8 heteroatoms. The first-order valence-corrected chi connectivity index (χ1v) is 12.3. The van der Waals surface area contributed by atoms with Crippen molar-refractivity contribution in [2.24, 2.45) is 0 Å². The van der Waals surface area contributed by atoms with Crippen molar-refractivity contribution in [3.05, 3.63) is 82.4 Å². The Balaban J connectivity index is 1.90. The number of thiazole rings is 1. The van der Waals surface area contributed by atoms with E-state index in [1.807, 2.05) is 41.1 Å². The summed E-state index contributed by atoms with van der Waals surface area (Å²) in [6.07, 6.45) is 0.955. The first kappa shape index (κ1) is 22.0. The monoisotopic (exact) mass is 443 g/mol. The fourth-order valence-electron chi connectivity index (χ4n) is 3.18. The lowest BCUT2D eigenvalue weighted by atomic mass is 10.0. The van der Waals surface area contributed by atoms with Gasteiger partial charge in [0.25, 0.3) is 5.91 Å². The van der Waals surface area contributed by atoms with Crippen molar-refractivity contribution >= 4 is 32.4 Å². The van der Waals surface area contributed by atoms with Gasteiger partial charge in [0.05, 0.1) is 6.26 Å². The van der Waals surface area contributed by atoms with Crippen LogP contribution >= 0.6 is 11.3 Å². The number of nitrogens with zero attached hydrogens (tertiary/aromatic N) is 2. The van der Waals surface area contributed by atoms with Crippen LogP contribution in [0.3, 0.4) is 0 Å². The molecule has 0 bridgehead atoms. The molecule has 1 unspecified atom stereocenters. The average Bonchev–Trinajstić information content (AvgIpc) is 3.09. The van der Waals surface area contributed by atoms with Gasteiger partial charge in [0.15, 0.2) is 5.13 Å². The second-order valence-electron chi connectivity index (χ2n) is 7.28. The first-order chi connectivity index (χ1) is 14.2. The lowest BCUT2D eigenvalue weighted by Gasteiger charge is -2.26. The molecule has 0 aliphatic carbocycles. The summed E-state index contributed by atoms with van der Waals surface area (Å²) in [6.45, 7) is 5.28. The topological polar surface area (TPSA) is 79.4 Å². The van der Waals surface area contributed by atoms with Gasteiger partial charge in [0, 0.05) is 18.0 Å². The fraction of sp³-hybridized carbons (Fsp3) is 0.273. The number of amides is 1. The number of nitrogens with one attached hydrogen (secondary N) is 1. The van der Waals surface area contributed by atoms with E-state index in [1.165, 1.54) is 16.9 Å². The molecular weight excluding hydrogens is 418 g/mol. The van der Waals surface area contributed by atoms with Crippen LogP contribution in [0.25, 0.3) is 0 Å². The van der Waals surface area contributed by atoms with Gasteiger partial charge in [0.2, 0.25) is 10.0 Å². The van der Waals surface area contributed by atoms with Crippen LogP contribution < -0.4 is 9.62 Å². The summed E-state index contributed by atoms with van der Waals surface area (Å²) in [5.74, 6) is -0.458. The first-order valence-electron chi connectivity index (χ1n) is 9.56. The van der Waals surface area contributed by atoms with Crippen LogP contribution in [0.2, 0.25) is 0 Å². The molecule has 6 nitrogen and oxygen atoms in total. The molecule has 1 aromatic heterocycles. The van der Waals surface area contributed by atoms with Crippen LogP contribution in [0.1, 0.15) is 39.3 Å². The van der Waals surface area contributed by atoms with E-state index in [9.17, 15) is 13.2 Å². The molecule has 0 saturated carbocycles. The van der Waals surface area contributed by atoms with Crippen LogP contribution in [-0.2, 0) is 16.6 Å². The van der Waals surface area contributed by atoms with E-state index in [1.54, 1.807) is 6.92 Å².